The molecule has 0 aliphatic heterocycles. The Balaban J connectivity index is 1.28. The number of rotatable bonds is 14. The maximum Gasteiger partial charge on any atom is 0.0511 e. The van der Waals surface area contributed by atoms with Crippen molar-refractivity contribution in [3.8, 4) is 0 Å². The van der Waals surface area contributed by atoms with Crippen LogP contribution in [0.15, 0.2) is 199 Å². The highest BCUT2D eigenvalue weighted by Crippen LogP contribution is 2.41. The van der Waals surface area contributed by atoms with Crippen molar-refractivity contribution in [2.24, 2.45) is 10.2 Å². The standard InChI is InChI=1S/C46H37N9/c1-2-35-19-21-40(22-20-35)53(41-23-27-43(28-24-41)54(38-13-5-3-6-14-38)45-17-9-11-36(31-45)33-49-51-47)42-25-29-44(30-26-42)55(39-15-7-4-8-16-39)46-18-10-12-37(32-46)34-50-52-48/h2-32H,1,33-34H2. The summed E-state index contributed by atoms with van der Waals surface area (Å²) in [5, 5.41) is 7.56. The smallest absolute Gasteiger partial charge is 0.0511 e. The Kier molecular flexibility index (Phi) is 11.2. The lowest BCUT2D eigenvalue weighted by atomic mass is 10.1. The van der Waals surface area contributed by atoms with Crippen molar-refractivity contribution in [1.29, 1.82) is 0 Å². The van der Waals surface area contributed by atoms with Gasteiger partial charge in [0.25, 0.3) is 0 Å². The Morgan fingerprint density at radius 3 is 1.05 bits per heavy atom. The number of benzene rings is 7. The third-order valence-electron chi connectivity index (χ3n) is 9.12. The van der Waals surface area contributed by atoms with Crippen LogP contribution in [0.4, 0.5) is 51.2 Å². The SMILES string of the molecule is C=Cc1ccc(N(c2ccc(N(c3ccccc3)c3cccc(CN=[N+]=[N-])c3)cc2)c2ccc(N(c3ccccc3)c3cccc(CN=[N+]=[N-])c3)cc2)cc1. The first-order valence-corrected chi connectivity index (χ1v) is 17.8. The van der Waals surface area contributed by atoms with Crippen molar-refractivity contribution in [2.75, 3.05) is 14.7 Å². The van der Waals surface area contributed by atoms with Gasteiger partial charge in [-0.2, -0.15) is 0 Å². The van der Waals surface area contributed by atoms with E-state index in [9.17, 15) is 0 Å². The Morgan fingerprint density at radius 1 is 0.400 bits per heavy atom. The number of anilines is 9. The average Bonchev–Trinajstić information content (AvgIpc) is 3.25. The fourth-order valence-electron chi connectivity index (χ4n) is 6.57. The fourth-order valence-corrected chi connectivity index (χ4v) is 6.57. The van der Waals surface area contributed by atoms with Crippen molar-refractivity contribution < 1.29 is 0 Å². The van der Waals surface area contributed by atoms with Crippen LogP contribution in [0.1, 0.15) is 16.7 Å². The van der Waals surface area contributed by atoms with Crippen molar-refractivity contribution in [3.63, 3.8) is 0 Å². The normalized spacial score (nSPS) is 10.4. The molecule has 0 atom stereocenters. The Hall–Kier alpha value is -7.70. The van der Waals surface area contributed by atoms with Crippen molar-refractivity contribution in [3.05, 3.63) is 226 Å². The summed E-state index contributed by atoms with van der Waals surface area (Å²) in [5.74, 6) is 0. The molecule has 9 heteroatoms. The van der Waals surface area contributed by atoms with E-state index < -0.39 is 0 Å². The maximum absolute atomic E-state index is 8.91. The van der Waals surface area contributed by atoms with E-state index in [1.165, 1.54) is 0 Å². The summed E-state index contributed by atoms with van der Waals surface area (Å²) in [5.41, 5.74) is 29.6. The predicted molar refractivity (Wildman–Crippen MR) is 226 cm³/mol. The lowest BCUT2D eigenvalue weighted by Gasteiger charge is -2.29. The average molecular weight is 716 g/mol. The molecule has 7 aromatic carbocycles. The van der Waals surface area contributed by atoms with E-state index in [1.54, 1.807) is 0 Å². The molecule has 0 saturated heterocycles. The second-order valence-corrected chi connectivity index (χ2v) is 12.6. The van der Waals surface area contributed by atoms with Crippen molar-refractivity contribution in [1.82, 2.24) is 0 Å². The summed E-state index contributed by atoms with van der Waals surface area (Å²) in [6.45, 7) is 4.50. The molecule has 7 rings (SSSR count). The van der Waals surface area contributed by atoms with Crippen LogP contribution < -0.4 is 14.7 Å². The van der Waals surface area contributed by atoms with Crippen molar-refractivity contribution in [2.45, 2.75) is 13.1 Å². The van der Waals surface area contributed by atoms with E-state index in [1.807, 2.05) is 66.7 Å². The van der Waals surface area contributed by atoms with Gasteiger partial charge in [0.15, 0.2) is 0 Å². The van der Waals surface area contributed by atoms with Gasteiger partial charge in [0, 0.05) is 61.0 Å². The molecule has 266 valence electrons. The highest BCUT2D eigenvalue weighted by molar-refractivity contribution is 5.83. The highest BCUT2D eigenvalue weighted by atomic mass is 15.2. The summed E-state index contributed by atoms with van der Waals surface area (Å²) in [7, 11) is 0. The predicted octanol–water partition coefficient (Wildman–Crippen LogP) is 14.4. The molecule has 0 aliphatic rings. The molecular formula is C46H37N9. The van der Waals surface area contributed by atoms with Crippen LogP contribution >= 0.6 is 0 Å². The van der Waals surface area contributed by atoms with E-state index in [0.717, 1.165) is 67.9 Å². The summed E-state index contributed by atoms with van der Waals surface area (Å²) in [6.07, 6.45) is 1.84. The van der Waals surface area contributed by atoms with Gasteiger partial charge in [-0.25, -0.2) is 0 Å². The summed E-state index contributed by atoms with van der Waals surface area (Å²) in [6, 6.07) is 62.0. The first kappa shape index (κ1) is 35.7. The molecule has 0 aliphatic carbocycles. The molecule has 0 unspecified atom stereocenters. The molecule has 0 radical (unpaired) electrons. The summed E-state index contributed by atoms with van der Waals surface area (Å²) >= 11 is 0. The van der Waals surface area contributed by atoms with Gasteiger partial charge in [0.2, 0.25) is 0 Å². The zero-order valence-corrected chi connectivity index (χ0v) is 30.0. The molecule has 0 amide bonds. The third kappa shape index (κ3) is 8.35. The quantitative estimate of drug-likeness (QED) is 0.0635. The third-order valence-corrected chi connectivity index (χ3v) is 9.12. The second kappa shape index (κ2) is 17.2. The van der Waals surface area contributed by atoms with Gasteiger partial charge >= 0.3 is 0 Å². The molecule has 0 N–H and O–H groups in total. The highest BCUT2D eigenvalue weighted by Gasteiger charge is 2.18. The van der Waals surface area contributed by atoms with Crippen LogP contribution in [0.2, 0.25) is 0 Å². The molecule has 55 heavy (non-hydrogen) atoms. The van der Waals surface area contributed by atoms with Gasteiger partial charge in [-0.1, -0.05) is 95.7 Å². The van der Waals surface area contributed by atoms with Gasteiger partial charge in [-0.3, -0.25) is 0 Å². The zero-order valence-electron chi connectivity index (χ0n) is 30.0. The Morgan fingerprint density at radius 2 is 0.709 bits per heavy atom. The molecule has 0 saturated carbocycles. The van der Waals surface area contributed by atoms with E-state index in [4.69, 9.17) is 11.1 Å². The van der Waals surface area contributed by atoms with Crippen LogP contribution in [0.3, 0.4) is 0 Å². The first-order valence-electron chi connectivity index (χ1n) is 17.8. The van der Waals surface area contributed by atoms with E-state index in [0.29, 0.717) is 0 Å². The van der Waals surface area contributed by atoms with Gasteiger partial charge < -0.3 is 14.7 Å². The largest absolute Gasteiger partial charge is 0.311 e. The topological polar surface area (TPSA) is 107 Å². The van der Waals surface area contributed by atoms with E-state index in [-0.39, 0.29) is 13.1 Å². The minimum atomic E-state index is 0.275. The lowest BCUT2D eigenvalue weighted by Crippen LogP contribution is -2.13. The van der Waals surface area contributed by atoms with Crippen molar-refractivity contribution >= 4 is 57.3 Å². The maximum atomic E-state index is 8.91. The van der Waals surface area contributed by atoms with Gasteiger partial charge in [0.05, 0.1) is 13.1 Å². The Bertz CT molecular complexity index is 2300. The molecule has 0 bridgehead atoms. The fraction of sp³-hybridized carbons (Fsp3) is 0.0435. The van der Waals surface area contributed by atoms with Crippen LogP contribution in [0, 0.1) is 0 Å². The molecule has 0 aromatic heterocycles. The van der Waals surface area contributed by atoms with E-state index in [2.05, 4.69) is 163 Å². The number of azide groups is 2. The first-order chi connectivity index (χ1) is 27.1. The molecule has 0 heterocycles. The number of para-hydroxylation sites is 2. The van der Waals surface area contributed by atoms with Gasteiger partial charge in [0.1, 0.15) is 0 Å². The lowest BCUT2D eigenvalue weighted by molar-refractivity contribution is 1.04. The molecule has 7 aromatic rings. The van der Waals surface area contributed by atoms with Crippen LogP contribution in [-0.4, -0.2) is 0 Å². The van der Waals surface area contributed by atoms with E-state index >= 15 is 0 Å². The number of nitrogens with zero attached hydrogens (tertiary/aromatic N) is 9. The molecule has 9 nitrogen and oxygen atoms in total. The molecule has 0 fully saturated rings. The second-order valence-electron chi connectivity index (χ2n) is 12.6. The van der Waals surface area contributed by atoms with Gasteiger partial charge in [-0.15, -0.1) is 0 Å². The van der Waals surface area contributed by atoms with Crippen LogP contribution in [0.5, 0.6) is 0 Å². The van der Waals surface area contributed by atoms with Gasteiger partial charge in [-0.05, 0) is 137 Å². The zero-order chi connectivity index (χ0) is 37.8. The molecular weight excluding hydrogens is 679 g/mol. The minimum Gasteiger partial charge on any atom is -0.311 e. The number of hydrogen-bond acceptors (Lipinski definition) is 5. The van der Waals surface area contributed by atoms with Crippen LogP contribution in [0.25, 0.3) is 27.0 Å². The van der Waals surface area contributed by atoms with Crippen LogP contribution in [-0.2, 0) is 13.1 Å². The monoisotopic (exact) mass is 715 g/mol. The number of hydrogen-bond donors (Lipinski definition) is 0. The minimum absolute atomic E-state index is 0.275. The summed E-state index contributed by atoms with van der Waals surface area (Å²) in [4.78, 5) is 12.5. The molecule has 0 spiro atoms. The summed E-state index contributed by atoms with van der Waals surface area (Å²) < 4.78 is 0. The Labute approximate surface area is 320 Å².